The Morgan fingerprint density at radius 3 is 1.29 bits per heavy atom. The third-order valence-electron chi connectivity index (χ3n) is 5.25. The highest BCUT2D eigenvalue weighted by atomic mass is 16.7. The van der Waals surface area contributed by atoms with Crippen molar-refractivity contribution in [3.63, 3.8) is 0 Å². The Kier molecular flexibility index (Phi) is 22.0. The molecule has 168 valence electrons. The molecular formula is C25H50O3. The second kappa shape index (κ2) is 22.6. The van der Waals surface area contributed by atoms with E-state index in [0.29, 0.717) is 19.1 Å². The van der Waals surface area contributed by atoms with E-state index < -0.39 is 6.16 Å². The zero-order valence-electron chi connectivity index (χ0n) is 19.4. The molecule has 0 fully saturated rings. The summed E-state index contributed by atoms with van der Waals surface area (Å²) in [6.45, 7) is 7.26. The van der Waals surface area contributed by atoms with Gasteiger partial charge >= 0.3 is 6.16 Å². The summed E-state index contributed by atoms with van der Waals surface area (Å²) >= 11 is 0. The van der Waals surface area contributed by atoms with Crippen LogP contribution in [-0.2, 0) is 9.47 Å². The molecule has 3 nitrogen and oxygen atoms in total. The number of rotatable bonds is 21. The van der Waals surface area contributed by atoms with E-state index in [4.69, 9.17) is 9.47 Å². The second-order valence-corrected chi connectivity index (χ2v) is 8.81. The summed E-state index contributed by atoms with van der Waals surface area (Å²) in [5, 5.41) is 0. The van der Waals surface area contributed by atoms with E-state index >= 15 is 0 Å². The largest absolute Gasteiger partial charge is 0.508 e. The van der Waals surface area contributed by atoms with Crippen LogP contribution in [0.15, 0.2) is 0 Å². The standard InChI is InChI=1S/C25H50O3/c1-4-5-6-7-8-9-10-11-12-13-14-15-16-17-18-19-20-21-22-27-25(26)28-23-24(2)3/h24H,4-23H2,1-3H3. The molecule has 0 unspecified atom stereocenters. The van der Waals surface area contributed by atoms with Crippen LogP contribution >= 0.6 is 0 Å². The van der Waals surface area contributed by atoms with Gasteiger partial charge in [-0.15, -0.1) is 0 Å². The molecule has 0 bridgehead atoms. The third kappa shape index (κ3) is 23.3. The molecule has 0 atom stereocenters. The summed E-state index contributed by atoms with van der Waals surface area (Å²) in [5.41, 5.74) is 0. The number of ether oxygens (including phenoxy) is 2. The molecule has 0 saturated carbocycles. The first-order valence-electron chi connectivity index (χ1n) is 12.5. The molecule has 0 aliphatic heterocycles. The van der Waals surface area contributed by atoms with Gasteiger partial charge in [-0.25, -0.2) is 4.79 Å². The summed E-state index contributed by atoms with van der Waals surface area (Å²) in [6.07, 6.45) is 24.1. The van der Waals surface area contributed by atoms with Crippen molar-refractivity contribution in [2.45, 2.75) is 136 Å². The van der Waals surface area contributed by atoms with Crippen molar-refractivity contribution >= 4 is 6.16 Å². The molecule has 0 aromatic heterocycles. The van der Waals surface area contributed by atoms with Crippen LogP contribution in [0.5, 0.6) is 0 Å². The van der Waals surface area contributed by atoms with Gasteiger partial charge < -0.3 is 9.47 Å². The summed E-state index contributed by atoms with van der Waals surface area (Å²) in [6, 6.07) is 0. The number of hydrogen-bond donors (Lipinski definition) is 0. The number of carbonyl (C=O) groups excluding carboxylic acids is 1. The van der Waals surface area contributed by atoms with Gasteiger partial charge in [0.2, 0.25) is 0 Å². The zero-order chi connectivity index (χ0) is 20.7. The fraction of sp³-hybridized carbons (Fsp3) is 0.960. The molecule has 0 amide bonds. The lowest BCUT2D eigenvalue weighted by atomic mass is 10.0. The van der Waals surface area contributed by atoms with Crippen molar-refractivity contribution in [2.24, 2.45) is 5.92 Å². The van der Waals surface area contributed by atoms with Crippen molar-refractivity contribution in [1.82, 2.24) is 0 Å². The highest BCUT2D eigenvalue weighted by Gasteiger charge is 2.04. The van der Waals surface area contributed by atoms with Gasteiger partial charge in [0.05, 0.1) is 13.2 Å². The minimum Gasteiger partial charge on any atom is -0.434 e. The highest BCUT2D eigenvalue weighted by Crippen LogP contribution is 2.14. The van der Waals surface area contributed by atoms with Gasteiger partial charge in [0.15, 0.2) is 0 Å². The van der Waals surface area contributed by atoms with Crippen molar-refractivity contribution in [3.8, 4) is 0 Å². The minimum atomic E-state index is -0.513. The minimum absolute atomic E-state index is 0.359. The number of carbonyl (C=O) groups is 1. The normalized spacial score (nSPS) is 11.1. The van der Waals surface area contributed by atoms with Crippen LogP contribution in [0.4, 0.5) is 4.79 Å². The molecule has 0 heterocycles. The van der Waals surface area contributed by atoms with Crippen molar-refractivity contribution < 1.29 is 14.3 Å². The Balaban J connectivity index is 3.07. The lowest BCUT2D eigenvalue weighted by molar-refractivity contribution is 0.0465. The average Bonchev–Trinajstić information content (AvgIpc) is 2.68. The SMILES string of the molecule is CCCCCCCCCCCCCCCCCCCCOC(=O)OCC(C)C. The molecule has 0 aromatic carbocycles. The molecule has 3 heteroatoms. The Bertz CT molecular complexity index is 315. The van der Waals surface area contributed by atoms with Crippen LogP contribution in [0.2, 0.25) is 0 Å². The molecular weight excluding hydrogens is 348 g/mol. The van der Waals surface area contributed by atoms with E-state index in [9.17, 15) is 4.79 Å². The fourth-order valence-corrected chi connectivity index (χ4v) is 3.44. The van der Waals surface area contributed by atoms with E-state index in [0.717, 1.165) is 12.8 Å². The van der Waals surface area contributed by atoms with Gasteiger partial charge in [-0.3, -0.25) is 0 Å². The molecule has 0 aromatic rings. The van der Waals surface area contributed by atoms with E-state index in [2.05, 4.69) is 6.92 Å². The van der Waals surface area contributed by atoms with Crippen LogP contribution in [-0.4, -0.2) is 19.4 Å². The molecule has 0 saturated heterocycles. The van der Waals surface area contributed by atoms with Crippen LogP contribution in [0.3, 0.4) is 0 Å². The maximum Gasteiger partial charge on any atom is 0.508 e. The topological polar surface area (TPSA) is 35.5 Å². The van der Waals surface area contributed by atoms with Crippen molar-refractivity contribution in [1.29, 1.82) is 0 Å². The molecule has 0 spiro atoms. The predicted octanol–water partition coefficient (Wildman–Crippen LogP) is 8.84. The summed E-state index contributed by atoms with van der Waals surface area (Å²) < 4.78 is 10.0. The molecule has 0 aliphatic rings. The Labute approximate surface area is 176 Å². The molecule has 28 heavy (non-hydrogen) atoms. The molecule has 0 N–H and O–H groups in total. The fourth-order valence-electron chi connectivity index (χ4n) is 3.44. The maximum atomic E-state index is 11.3. The molecule has 0 radical (unpaired) electrons. The van der Waals surface area contributed by atoms with Gasteiger partial charge in [0.1, 0.15) is 0 Å². The van der Waals surface area contributed by atoms with E-state index in [1.165, 1.54) is 103 Å². The Morgan fingerprint density at radius 1 is 0.571 bits per heavy atom. The van der Waals surface area contributed by atoms with E-state index in [1.807, 2.05) is 13.8 Å². The first-order valence-corrected chi connectivity index (χ1v) is 12.5. The van der Waals surface area contributed by atoms with Crippen LogP contribution in [0.25, 0.3) is 0 Å². The number of hydrogen-bond acceptors (Lipinski definition) is 3. The van der Waals surface area contributed by atoms with Gasteiger partial charge in [-0.2, -0.15) is 0 Å². The first kappa shape index (κ1) is 27.3. The maximum absolute atomic E-state index is 11.3. The van der Waals surface area contributed by atoms with Crippen LogP contribution in [0, 0.1) is 5.92 Å². The Hall–Kier alpha value is -0.730. The lowest BCUT2D eigenvalue weighted by Crippen LogP contribution is -2.12. The summed E-state index contributed by atoms with van der Waals surface area (Å²) in [7, 11) is 0. The monoisotopic (exact) mass is 398 g/mol. The Morgan fingerprint density at radius 2 is 0.929 bits per heavy atom. The molecule has 0 aliphatic carbocycles. The predicted molar refractivity (Wildman–Crippen MR) is 121 cm³/mol. The smallest absolute Gasteiger partial charge is 0.434 e. The summed E-state index contributed by atoms with van der Waals surface area (Å²) in [4.78, 5) is 11.3. The van der Waals surface area contributed by atoms with Crippen molar-refractivity contribution in [2.75, 3.05) is 13.2 Å². The third-order valence-corrected chi connectivity index (χ3v) is 5.25. The van der Waals surface area contributed by atoms with Gasteiger partial charge in [-0.05, 0) is 12.3 Å². The van der Waals surface area contributed by atoms with Crippen LogP contribution < -0.4 is 0 Å². The van der Waals surface area contributed by atoms with Gasteiger partial charge in [0.25, 0.3) is 0 Å². The van der Waals surface area contributed by atoms with Gasteiger partial charge in [-0.1, -0.05) is 130 Å². The van der Waals surface area contributed by atoms with Crippen molar-refractivity contribution in [3.05, 3.63) is 0 Å². The van der Waals surface area contributed by atoms with E-state index in [-0.39, 0.29) is 0 Å². The average molecular weight is 399 g/mol. The zero-order valence-corrected chi connectivity index (χ0v) is 19.4. The lowest BCUT2D eigenvalue weighted by Gasteiger charge is -2.07. The van der Waals surface area contributed by atoms with Gasteiger partial charge in [0, 0.05) is 0 Å². The van der Waals surface area contributed by atoms with Crippen LogP contribution in [0.1, 0.15) is 136 Å². The summed E-state index contributed by atoms with van der Waals surface area (Å²) in [5.74, 6) is 0.359. The quantitative estimate of drug-likeness (QED) is 0.143. The second-order valence-electron chi connectivity index (χ2n) is 8.81. The molecule has 0 rings (SSSR count). The van der Waals surface area contributed by atoms with E-state index in [1.54, 1.807) is 0 Å². The first-order chi connectivity index (χ1) is 13.7. The number of unbranched alkanes of at least 4 members (excludes halogenated alkanes) is 17. The highest BCUT2D eigenvalue weighted by molar-refractivity contribution is 5.59.